The van der Waals surface area contributed by atoms with E-state index in [1.165, 1.54) is 0 Å². The van der Waals surface area contributed by atoms with Crippen LogP contribution in [0.3, 0.4) is 0 Å². The third-order valence-corrected chi connectivity index (χ3v) is 5.12. The lowest BCUT2D eigenvalue weighted by atomic mass is 10.1. The third kappa shape index (κ3) is 3.47. The molecule has 0 bridgehead atoms. The molecule has 1 aliphatic rings. The molecule has 0 fully saturated rings. The summed E-state index contributed by atoms with van der Waals surface area (Å²) in [6, 6.07) is 10.5. The number of methoxy groups -OCH3 is 1. The van der Waals surface area contributed by atoms with Gasteiger partial charge in [0.05, 0.1) is 11.1 Å². The van der Waals surface area contributed by atoms with Crippen molar-refractivity contribution in [2.45, 2.75) is 13.0 Å². The first kappa shape index (κ1) is 17.3. The molecule has 1 atom stereocenters. The minimum atomic E-state index is -0.437. The van der Waals surface area contributed by atoms with E-state index in [0.29, 0.717) is 11.1 Å². The van der Waals surface area contributed by atoms with E-state index in [9.17, 15) is 14.4 Å². The number of aryl methyl sites for hydroxylation is 1. The van der Waals surface area contributed by atoms with E-state index in [2.05, 4.69) is 5.32 Å². The van der Waals surface area contributed by atoms with Crippen LogP contribution in [-0.4, -0.2) is 42.8 Å². The average molecular weight is 358 g/mol. The van der Waals surface area contributed by atoms with Gasteiger partial charge < -0.3 is 10.1 Å². The van der Waals surface area contributed by atoms with Gasteiger partial charge in [0.25, 0.3) is 11.8 Å². The van der Waals surface area contributed by atoms with E-state index in [1.54, 1.807) is 42.7 Å². The Bertz CT molecular complexity index is 795. The van der Waals surface area contributed by atoms with Crippen molar-refractivity contribution < 1.29 is 19.1 Å². The quantitative estimate of drug-likeness (QED) is 0.803. The van der Waals surface area contributed by atoms with Crippen LogP contribution in [0.5, 0.6) is 0 Å². The number of nitrogens with zero attached hydrogens (tertiary/aromatic N) is 1. The van der Waals surface area contributed by atoms with Crippen LogP contribution >= 0.6 is 11.3 Å². The van der Waals surface area contributed by atoms with E-state index >= 15 is 0 Å². The zero-order valence-electron chi connectivity index (χ0n) is 13.9. The van der Waals surface area contributed by atoms with Gasteiger partial charge in [-0.1, -0.05) is 12.1 Å². The summed E-state index contributed by atoms with van der Waals surface area (Å²) in [7, 11) is 1.58. The number of ether oxygens (including phenoxy) is 1. The van der Waals surface area contributed by atoms with Crippen molar-refractivity contribution in [2.75, 3.05) is 20.2 Å². The minimum absolute atomic E-state index is 0.259. The lowest BCUT2D eigenvalue weighted by molar-refractivity contribution is -0.122. The molecule has 1 aromatic heterocycles. The number of hydrogen-bond donors (Lipinski definition) is 1. The fourth-order valence-corrected chi connectivity index (χ4v) is 3.67. The van der Waals surface area contributed by atoms with Gasteiger partial charge in [0.1, 0.15) is 12.6 Å². The Morgan fingerprint density at radius 1 is 1.16 bits per heavy atom. The topological polar surface area (TPSA) is 75.7 Å². The largest absolute Gasteiger partial charge is 0.374 e. The Morgan fingerprint density at radius 3 is 2.32 bits per heavy atom. The zero-order chi connectivity index (χ0) is 18.0. The molecule has 1 N–H and O–H groups in total. The smallest absolute Gasteiger partial charge is 0.262 e. The molecule has 1 unspecified atom stereocenters. The second kappa shape index (κ2) is 7.16. The molecule has 0 spiro atoms. The van der Waals surface area contributed by atoms with Gasteiger partial charge >= 0.3 is 0 Å². The van der Waals surface area contributed by atoms with E-state index in [4.69, 9.17) is 4.74 Å². The summed E-state index contributed by atoms with van der Waals surface area (Å²) in [6.07, 6.45) is -0.259. The van der Waals surface area contributed by atoms with Crippen molar-refractivity contribution in [3.63, 3.8) is 0 Å². The summed E-state index contributed by atoms with van der Waals surface area (Å²) in [5.41, 5.74) is 0.674. The van der Waals surface area contributed by atoms with Crippen LogP contribution in [0.15, 0.2) is 36.4 Å². The minimum Gasteiger partial charge on any atom is -0.374 e. The Kier molecular flexibility index (Phi) is 4.96. The Hall–Kier alpha value is -2.51. The summed E-state index contributed by atoms with van der Waals surface area (Å²) < 4.78 is 5.41. The Morgan fingerprint density at radius 2 is 1.80 bits per heavy atom. The number of nitrogens with one attached hydrogen (secondary N) is 1. The molecule has 1 aliphatic heterocycles. The van der Waals surface area contributed by atoms with E-state index in [-0.39, 0.29) is 19.2 Å². The van der Waals surface area contributed by atoms with Crippen LogP contribution < -0.4 is 5.32 Å². The lowest BCUT2D eigenvalue weighted by Crippen LogP contribution is -2.41. The molecule has 3 amide bonds. The number of rotatable bonds is 6. The summed E-state index contributed by atoms with van der Waals surface area (Å²) >= 11 is 1.60. The van der Waals surface area contributed by atoms with Crippen LogP contribution in [0.25, 0.3) is 0 Å². The highest BCUT2D eigenvalue weighted by Gasteiger charge is 2.36. The molecule has 7 heteroatoms. The second-order valence-electron chi connectivity index (χ2n) is 5.72. The molecule has 130 valence electrons. The highest BCUT2D eigenvalue weighted by atomic mass is 32.1. The van der Waals surface area contributed by atoms with Crippen molar-refractivity contribution in [2.24, 2.45) is 0 Å². The first-order valence-corrected chi connectivity index (χ1v) is 8.64. The highest BCUT2D eigenvalue weighted by molar-refractivity contribution is 7.12. The van der Waals surface area contributed by atoms with Gasteiger partial charge in [0.15, 0.2) is 0 Å². The molecule has 0 saturated carbocycles. The molecule has 0 saturated heterocycles. The predicted molar refractivity (Wildman–Crippen MR) is 93.6 cm³/mol. The lowest BCUT2D eigenvalue weighted by Gasteiger charge is -2.17. The molecule has 25 heavy (non-hydrogen) atoms. The van der Waals surface area contributed by atoms with Crippen molar-refractivity contribution in [3.05, 3.63) is 57.3 Å². The molecule has 2 aromatic rings. The summed E-state index contributed by atoms with van der Waals surface area (Å²) in [5, 5.41) is 2.73. The number of fused-ring (bicyclic) bond motifs is 1. The van der Waals surface area contributed by atoms with Gasteiger partial charge in [0, 0.05) is 23.4 Å². The van der Waals surface area contributed by atoms with Crippen molar-refractivity contribution in [1.29, 1.82) is 0 Å². The van der Waals surface area contributed by atoms with Crippen LogP contribution in [0.1, 0.15) is 36.6 Å². The maximum Gasteiger partial charge on any atom is 0.262 e. The number of amides is 3. The molecule has 0 radical (unpaired) electrons. The van der Waals surface area contributed by atoms with Gasteiger partial charge in [-0.15, -0.1) is 11.3 Å². The SMILES string of the molecule is COC(CNC(=O)CN1C(=O)c2ccccc2C1=O)c1ccc(C)s1. The fourth-order valence-electron chi connectivity index (χ4n) is 2.72. The molecule has 0 aliphatic carbocycles. The average Bonchev–Trinajstić information content (AvgIpc) is 3.14. The first-order chi connectivity index (χ1) is 12.0. The van der Waals surface area contributed by atoms with Gasteiger partial charge in [-0.2, -0.15) is 0 Å². The van der Waals surface area contributed by atoms with Crippen molar-refractivity contribution >= 4 is 29.1 Å². The molecule has 2 heterocycles. The molecule has 1 aromatic carbocycles. The number of carbonyl (C=O) groups is 3. The van der Waals surface area contributed by atoms with E-state index in [1.807, 2.05) is 19.1 Å². The van der Waals surface area contributed by atoms with Gasteiger partial charge in [-0.05, 0) is 31.2 Å². The molecular formula is C18H18N2O4S. The molecule has 3 rings (SSSR count). The zero-order valence-corrected chi connectivity index (χ0v) is 14.8. The monoisotopic (exact) mass is 358 g/mol. The molecule has 6 nitrogen and oxygen atoms in total. The van der Waals surface area contributed by atoms with E-state index in [0.717, 1.165) is 14.7 Å². The molecular weight excluding hydrogens is 340 g/mol. The second-order valence-corrected chi connectivity index (χ2v) is 7.04. The van der Waals surface area contributed by atoms with Crippen LogP contribution in [0, 0.1) is 6.92 Å². The van der Waals surface area contributed by atoms with Crippen molar-refractivity contribution in [3.8, 4) is 0 Å². The number of imide groups is 1. The van der Waals surface area contributed by atoms with Crippen LogP contribution in [0.2, 0.25) is 0 Å². The summed E-state index contributed by atoms with van der Waals surface area (Å²) in [4.78, 5) is 39.9. The van der Waals surface area contributed by atoms with Gasteiger partial charge in [-0.3, -0.25) is 19.3 Å². The predicted octanol–water partition coefficient (Wildman–Crippen LogP) is 2.16. The maximum atomic E-state index is 12.3. The summed E-state index contributed by atoms with van der Waals surface area (Å²) in [6.45, 7) is 1.98. The van der Waals surface area contributed by atoms with Gasteiger partial charge in [0.2, 0.25) is 5.91 Å². The summed E-state index contributed by atoms with van der Waals surface area (Å²) in [5.74, 6) is -1.27. The normalized spacial score (nSPS) is 14.6. The number of carbonyl (C=O) groups excluding carboxylic acids is 3. The highest BCUT2D eigenvalue weighted by Crippen LogP contribution is 2.25. The first-order valence-electron chi connectivity index (χ1n) is 7.82. The Labute approximate surface area is 149 Å². The van der Waals surface area contributed by atoms with E-state index < -0.39 is 17.7 Å². The number of hydrogen-bond acceptors (Lipinski definition) is 5. The fraction of sp³-hybridized carbons (Fsp3) is 0.278. The maximum absolute atomic E-state index is 12.3. The van der Waals surface area contributed by atoms with Crippen LogP contribution in [0.4, 0.5) is 0 Å². The van der Waals surface area contributed by atoms with Crippen molar-refractivity contribution in [1.82, 2.24) is 10.2 Å². The standard InChI is InChI=1S/C18H18N2O4S/c1-11-7-8-15(25-11)14(24-2)9-19-16(21)10-20-17(22)12-5-3-4-6-13(12)18(20)23/h3-8,14H,9-10H2,1-2H3,(H,19,21). The van der Waals surface area contributed by atoms with Crippen LogP contribution in [-0.2, 0) is 9.53 Å². The Balaban J connectivity index is 1.60. The number of benzene rings is 1. The van der Waals surface area contributed by atoms with Gasteiger partial charge in [-0.25, -0.2) is 0 Å². The number of thiophene rings is 1. The third-order valence-electron chi connectivity index (χ3n) is 4.03.